The van der Waals surface area contributed by atoms with Gasteiger partial charge in [0.2, 0.25) is 5.91 Å². The summed E-state index contributed by atoms with van der Waals surface area (Å²) in [6.07, 6.45) is 1.71. The fraction of sp³-hybridized carbons (Fsp3) is 0.600. The van der Waals surface area contributed by atoms with E-state index in [0.717, 1.165) is 29.7 Å². The predicted molar refractivity (Wildman–Crippen MR) is 102 cm³/mol. The van der Waals surface area contributed by atoms with Crippen LogP contribution >= 0.6 is 0 Å². The van der Waals surface area contributed by atoms with Crippen LogP contribution in [0, 0.1) is 18.8 Å². The van der Waals surface area contributed by atoms with Crippen LogP contribution < -0.4 is 10.6 Å². The summed E-state index contributed by atoms with van der Waals surface area (Å²) in [7, 11) is 1.65. The van der Waals surface area contributed by atoms with Gasteiger partial charge in [0, 0.05) is 37.4 Å². The lowest BCUT2D eigenvalue weighted by atomic mass is 9.95. The van der Waals surface area contributed by atoms with Crippen molar-refractivity contribution in [2.24, 2.45) is 11.8 Å². The zero-order chi connectivity index (χ0) is 18.6. The normalized spacial score (nSPS) is 18.8. The minimum atomic E-state index is -0.106. The Morgan fingerprint density at radius 3 is 2.60 bits per heavy atom. The minimum absolute atomic E-state index is 0.0203. The molecule has 1 aliphatic rings. The predicted octanol–water partition coefficient (Wildman–Crippen LogP) is 3.05. The Morgan fingerprint density at radius 2 is 1.96 bits per heavy atom. The summed E-state index contributed by atoms with van der Waals surface area (Å²) >= 11 is 0. The van der Waals surface area contributed by atoms with E-state index >= 15 is 0 Å². The van der Waals surface area contributed by atoms with E-state index < -0.39 is 0 Å². The lowest BCUT2D eigenvalue weighted by Gasteiger charge is -2.32. The average molecular weight is 345 g/mol. The Hall–Kier alpha value is -2.04. The second-order valence-corrected chi connectivity index (χ2v) is 7.36. The van der Waals surface area contributed by atoms with Gasteiger partial charge in [-0.15, -0.1) is 0 Å². The number of hydrogen-bond acceptors (Lipinski definition) is 3. The molecule has 1 aliphatic heterocycles. The van der Waals surface area contributed by atoms with E-state index in [0.29, 0.717) is 25.0 Å². The van der Waals surface area contributed by atoms with Gasteiger partial charge in [0.1, 0.15) is 0 Å². The minimum Gasteiger partial charge on any atom is -0.382 e. The van der Waals surface area contributed by atoms with Crippen molar-refractivity contribution in [1.82, 2.24) is 10.2 Å². The van der Waals surface area contributed by atoms with E-state index in [4.69, 9.17) is 0 Å². The number of benzene rings is 1. The molecule has 2 atom stereocenters. The Kier molecular flexibility index (Phi) is 6.45. The number of hydrogen-bond donors (Lipinski definition) is 2. The van der Waals surface area contributed by atoms with Crippen LogP contribution in [-0.4, -0.2) is 42.9 Å². The summed E-state index contributed by atoms with van der Waals surface area (Å²) in [4.78, 5) is 26.8. The van der Waals surface area contributed by atoms with Crippen LogP contribution in [0.5, 0.6) is 0 Å². The summed E-state index contributed by atoms with van der Waals surface area (Å²) in [6.45, 7) is 9.70. The molecule has 0 bridgehead atoms. The summed E-state index contributed by atoms with van der Waals surface area (Å²) in [5.74, 6) is 0.446. The Morgan fingerprint density at radius 1 is 1.24 bits per heavy atom. The topological polar surface area (TPSA) is 61.4 Å². The number of likely N-dealkylation sites (tertiary alicyclic amines) is 1. The zero-order valence-electron chi connectivity index (χ0n) is 16.1. The molecule has 1 saturated heterocycles. The van der Waals surface area contributed by atoms with Crippen LogP contribution in [0.3, 0.4) is 0 Å². The second-order valence-electron chi connectivity index (χ2n) is 7.36. The van der Waals surface area contributed by atoms with E-state index in [1.165, 1.54) is 0 Å². The van der Waals surface area contributed by atoms with E-state index in [1.54, 1.807) is 7.05 Å². The first kappa shape index (κ1) is 19.3. The molecule has 1 aromatic rings. The fourth-order valence-electron chi connectivity index (χ4n) is 3.19. The molecule has 0 aliphatic carbocycles. The third-order valence-electron chi connectivity index (χ3n) is 5.27. The SMILES string of the molecule is CNC(=O)C1CCCN(C(=O)c2cccc(NC(C)C(C)C)c2C)C1. The van der Waals surface area contributed by atoms with Gasteiger partial charge >= 0.3 is 0 Å². The van der Waals surface area contributed by atoms with E-state index in [9.17, 15) is 9.59 Å². The van der Waals surface area contributed by atoms with Crippen LogP contribution in [0.4, 0.5) is 5.69 Å². The van der Waals surface area contributed by atoms with Gasteiger partial charge in [-0.2, -0.15) is 0 Å². The summed E-state index contributed by atoms with van der Waals surface area (Å²) in [6, 6.07) is 6.16. The molecule has 2 unspecified atom stereocenters. The highest BCUT2D eigenvalue weighted by Crippen LogP contribution is 2.25. The number of rotatable bonds is 5. The summed E-state index contributed by atoms with van der Waals surface area (Å²) in [5, 5.41) is 6.21. The highest BCUT2D eigenvalue weighted by atomic mass is 16.2. The molecule has 2 N–H and O–H groups in total. The van der Waals surface area contributed by atoms with Crippen molar-refractivity contribution in [3.05, 3.63) is 29.3 Å². The second kappa shape index (κ2) is 8.37. The number of anilines is 1. The molecule has 1 aromatic carbocycles. The number of carbonyl (C=O) groups is 2. The van der Waals surface area contributed by atoms with Gasteiger partial charge in [-0.1, -0.05) is 19.9 Å². The van der Waals surface area contributed by atoms with Gasteiger partial charge in [0.05, 0.1) is 5.92 Å². The average Bonchev–Trinajstić information content (AvgIpc) is 2.62. The number of amides is 2. The van der Waals surface area contributed by atoms with Crippen molar-refractivity contribution in [2.75, 3.05) is 25.5 Å². The molecule has 0 aromatic heterocycles. The van der Waals surface area contributed by atoms with Crippen LogP contribution in [0.1, 0.15) is 49.5 Å². The third kappa shape index (κ3) is 4.53. The van der Waals surface area contributed by atoms with Crippen LogP contribution in [0.2, 0.25) is 0 Å². The molecular formula is C20H31N3O2. The van der Waals surface area contributed by atoms with Crippen LogP contribution in [0.15, 0.2) is 18.2 Å². The molecule has 1 fully saturated rings. The molecule has 138 valence electrons. The first-order valence-corrected chi connectivity index (χ1v) is 9.22. The standard InChI is InChI=1S/C20H31N3O2/c1-13(2)15(4)22-18-10-6-9-17(14(18)3)20(25)23-11-7-8-16(12-23)19(24)21-5/h6,9-10,13,15-16,22H,7-8,11-12H2,1-5H3,(H,21,24). The monoisotopic (exact) mass is 345 g/mol. The zero-order valence-corrected chi connectivity index (χ0v) is 16.1. The van der Waals surface area contributed by atoms with Crippen molar-refractivity contribution in [2.45, 2.75) is 46.6 Å². The van der Waals surface area contributed by atoms with Gasteiger partial charge in [-0.25, -0.2) is 0 Å². The molecule has 0 spiro atoms. The van der Waals surface area contributed by atoms with Gasteiger partial charge in [-0.3, -0.25) is 9.59 Å². The molecule has 2 amide bonds. The van der Waals surface area contributed by atoms with Crippen molar-refractivity contribution < 1.29 is 9.59 Å². The van der Waals surface area contributed by atoms with Crippen molar-refractivity contribution in [1.29, 1.82) is 0 Å². The molecule has 1 heterocycles. The summed E-state index contributed by atoms with van der Waals surface area (Å²) in [5.41, 5.74) is 2.70. The molecule has 25 heavy (non-hydrogen) atoms. The first-order chi connectivity index (χ1) is 11.8. The highest BCUT2D eigenvalue weighted by Gasteiger charge is 2.29. The molecule has 0 radical (unpaired) electrons. The molecule has 5 heteroatoms. The van der Waals surface area contributed by atoms with E-state index in [1.807, 2.05) is 30.0 Å². The van der Waals surface area contributed by atoms with Crippen LogP contribution in [-0.2, 0) is 4.79 Å². The molecular weight excluding hydrogens is 314 g/mol. The Labute approximate surface area is 151 Å². The maximum Gasteiger partial charge on any atom is 0.254 e. The largest absolute Gasteiger partial charge is 0.382 e. The molecule has 2 rings (SSSR count). The van der Waals surface area contributed by atoms with Crippen LogP contribution in [0.25, 0.3) is 0 Å². The van der Waals surface area contributed by atoms with Crippen molar-refractivity contribution in [3.63, 3.8) is 0 Å². The highest BCUT2D eigenvalue weighted by molar-refractivity contribution is 5.97. The smallest absolute Gasteiger partial charge is 0.254 e. The number of piperidine rings is 1. The van der Waals surface area contributed by atoms with E-state index in [-0.39, 0.29) is 17.7 Å². The Bertz CT molecular complexity index is 627. The third-order valence-corrected chi connectivity index (χ3v) is 5.27. The van der Waals surface area contributed by atoms with Gasteiger partial charge in [0.15, 0.2) is 0 Å². The van der Waals surface area contributed by atoms with Crippen molar-refractivity contribution in [3.8, 4) is 0 Å². The van der Waals surface area contributed by atoms with Crippen molar-refractivity contribution >= 4 is 17.5 Å². The lowest BCUT2D eigenvalue weighted by molar-refractivity contribution is -0.125. The molecule has 0 saturated carbocycles. The maximum atomic E-state index is 13.0. The number of nitrogens with zero attached hydrogens (tertiary/aromatic N) is 1. The van der Waals surface area contributed by atoms with Gasteiger partial charge in [0.25, 0.3) is 5.91 Å². The maximum absolute atomic E-state index is 13.0. The summed E-state index contributed by atoms with van der Waals surface area (Å²) < 4.78 is 0. The number of carbonyl (C=O) groups excluding carboxylic acids is 2. The first-order valence-electron chi connectivity index (χ1n) is 9.22. The quantitative estimate of drug-likeness (QED) is 0.862. The fourth-order valence-corrected chi connectivity index (χ4v) is 3.19. The Balaban J connectivity index is 2.17. The van der Waals surface area contributed by atoms with E-state index in [2.05, 4.69) is 31.4 Å². The molecule has 5 nitrogen and oxygen atoms in total. The number of nitrogens with one attached hydrogen (secondary N) is 2. The lowest BCUT2D eigenvalue weighted by Crippen LogP contribution is -2.45. The van der Waals surface area contributed by atoms with Gasteiger partial charge < -0.3 is 15.5 Å². The van der Waals surface area contributed by atoms with Gasteiger partial charge in [-0.05, 0) is 50.3 Å².